The number of rotatable bonds is 8. The van der Waals surface area contributed by atoms with Gasteiger partial charge in [0.15, 0.2) is 5.84 Å². The van der Waals surface area contributed by atoms with Crippen LogP contribution in [0.5, 0.6) is 0 Å². The lowest BCUT2D eigenvalue weighted by molar-refractivity contribution is 0.298. The van der Waals surface area contributed by atoms with Crippen molar-refractivity contribution in [2.75, 3.05) is 7.05 Å². The van der Waals surface area contributed by atoms with Crippen LogP contribution in [0.15, 0.2) is 172 Å². The summed E-state index contributed by atoms with van der Waals surface area (Å²) in [6.45, 7) is 6.58. The first-order valence-electron chi connectivity index (χ1n) is 19.3. The zero-order chi connectivity index (χ0) is 38.2. The minimum absolute atomic E-state index is 0.0318. The summed E-state index contributed by atoms with van der Waals surface area (Å²) in [7, 11) is 2.13. The summed E-state index contributed by atoms with van der Waals surface area (Å²) in [5.74, 6) is 2.02. The van der Waals surface area contributed by atoms with Crippen molar-refractivity contribution in [1.82, 2.24) is 9.88 Å². The van der Waals surface area contributed by atoms with Crippen LogP contribution in [0.3, 0.4) is 0 Å². The molecule has 0 amide bonds. The van der Waals surface area contributed by atoms with Gasteiger partial charge in [-0.25, -0.2) is 15.0 Å². The summed E-state index contributed by atoms with van der Waals surface area (Å²) in [6, 6.07) is 47.6. The van der Waals surface area contributed by atoms with Gasteiger partial charge in [0.05, 0.1) is 16.6 Å². The fourth-order valence-corrected chi connectivity index (χ4v) is 8.10. The van der Waals surface area contributed by atoms with Crippen LogP contribution in [0.25, 0.3) is 55.1 Å². The molecule has 3 heterocycles. The number of benzene rings is 4. The molecule has 4 atom stereocenters. The third-order valence-electron chi connectivity index (χ3n) is 11.1. The standard InChI is InChI=1S/C51H42N4O/c1-5-35(36-17-9-6-10-18-36)26-25-33(2)50-53-49(38-21-13-8-14-22-38)54-51(55(50)4)41-29-27-40(31-34(41)3)47-46-42-23-15-16-24-45(42)56-48(46)43-32-39(28-30-44(43)52-47)37-19-11-7-12-20-37/h5,7-9,11-34,41,50H,1-4H3/b26-25-,35-5+. The third-order valence-corrected chi connectivity index (χ3v) is 11.1. The van der Waals surface area contributed by atoms with Crippen molar-refractivity contribution in [3.05, 3.63) is 187 Å². The molecular formula is C51H42N4O. The predicted octanol–water partition coefficient (Wildman–Crippen LogP) is 12.0. The van der Waals surface area contributed by atoms with Crippen molar-refractivity contribution in [3.63, 3.8) is 0 Å². The van der Waals surface area contributed by atoms with Gasteiger partial charge < -0.3 is 9.32 Å². The number of allylic oxidation sites excluding steroid dienone is 6. The summed E-state index contributed by atoms with van der Waals surface area (Å²) in [4.78, 5) is 18.2. The first-order chi connectivity index (χ1) is 27.5. The van der Waals surface area contributed by atoms with Crippen LogP contribution in [0, 0.1) is 29.9 Å². The van der Waals surface area contributed by atoms with Gasteiger partial charge in [0.25, 0.3) is 0 Å². The SMILES string of the molecule is C/C=C(\C=C/C(C)C1N=C(c2ccccc2)N=C(C2C=CC(c3nc4ccc(-c5ccccc5)cc4c4oc5ccccc5c34)=CC2C)N1C)c1cc#ccc1. The molecule has 0 fully saturated rings. The van der Waals surface area contributed by atoms with Crippen molar-refractivity contribution in [2.24, 2.45) is 27.7 Å². The van der Waals surface area contributed by atoms with E-state index in [0.29, 0.717) is 0 Å². The second kappa shape index (κ2) is 14.8. The van der Waals surface area contributed by atoms with Crippen LogP contribution in [-0.4, -0.2) is 34.8 Å². The van der Waals surface area contributed by atoms with Crippen LogP contribution < -0.4 is 0 Å². The number of hydrogen-bond acceptors (Lipinski definition) is 5. The fourth-order valence-electron chi connectivity index (χ4n) is 8.10. The molecule has 5 aromatic carbocycles. The van der Waals surface area contributed by atoms with Crippen LogP contribution in [0.2, 0.25) is 0 Å². The Morgan fingerprint density at radius 3 is 2.38 bits per heavy atom. The lowest BCUT2D eigenvalue weighted by Crippen LogP contribution is -2.47. The topological polar surface area (TPSA) is 54.0 Å². The van der Waals surface area contributed by atoms with Crippen molar-refractivity contribution in [3.8, 4) is 11.1 Å². The minimum Gasteiger partial charge on any atom is -0.455 e. The van der Waals surface area contributed by atoms with Crippen molar-refractivity contribution >= 4 is 55.7 Å². The Balaban J connectivity index is 1.08. The number of nitrogens with zero attached hydrogens (tertiary/aromatic N) is 4. The number of aliphatic imine (C=N–C) groups is 2. The Morgan fingerprint density at radius 2 is 1.62 bits per heavy atom. The van der Waals surface area contributed by atoms with Gasteiger partial charge in [0, 0.05) is 35.2 Å². The zero-order valence-corrected chi connectivity index (χ0v) is 32.0. The number of amidine groups is 2. The first-order valence-corrected chi connectivity index (χ1v) is 19.3. The maximum Gasteiger partial charge on any atom is 0.158 e. The highest BCUT2D eigenvalue weighted by molar-refractivity contribution is 6.18. The number of furan rings is 1. The van der Waals surface area contributed by atoms with Crippen molar-refractivity contribution in [1.29, 1.82) is 0 Å². The quantitative estimate of drug-likeness (QED) is 0.147. The molecule has 0 bridgehead atoms. The van der Waals surface area contributed by atoms with Gasteiger partial charge in [-0.3, -0.25) is 0 Å². The number of fused-ring (bicyclic) bond motifs is 5. The van der Waals surface area contributed by atoms with Gasteiger partial charge in [-0.2, -0.15) is 0 Å². The lowest BCUT2D eigenvalue weighted by Gasteiger charge is -2.39. The van der Waals surface area contributed by atoms with E-state index in [-0.39, 0.29) is 23.9 Å². The summed E-state index contributed by atoms with van der Waals surface area (Å²) < 4.78 is 6.66. The van der Waals surface area contributed by atoms with Crippen molar-refractivity contribution < 1.29 is 4.42 Å². The Morgan fingerprint density at radius 1 is 0.857 bits per heavy atom. The first kappa shape index (κ1) is 35.0. The monoisotopic (exact) mass is 726 g/mol. The number of pyridine rings is 1. The maximum absolute atomic E-state index is 6.66. The lowest BCUT2D eigenvalue weighted by atomic mass is 9.83. The summed E-state index contributed by atoms with van der Waals surface area (Å²) in [5.41, 5.74) is 10.2. The summed E-state index contributed by atoms with van der Waals surface area (Å²) in [5, 5.41) is 3.11. The summed E-state index contributed by atoms with van der Waals surface area (Å²) >= 11 is 0. The molecule has 0 saturated carbocycles. The van der Waals surface area contributed by atoms with Crippen LogP contribution >= 0.6 is 0 Å². The second-order valence-electron chi connectivity index (χ2n) is 14.7. The molecule has 0 saturated heterocycles. The molecule has 5 nitrogen and oxygen atoms in total. The van der Waals surface area contributed by atoms with Gasteiger partial charge in [-0.15, -0.1) is 0 Å². The van der Waals surface area contributed by atoms with E-state index < -0.39 is 0 Å². The van der Waals surface area contributed by atoms with Gasteiger partial charge in [0.2, 0.25) is 0 Å². The van der Waals surface area contributed by atoms with Gasteiger partial charge in [0.1, 0.15) is 23.2 Å². The highest BCUT2D eigenvalue weighted by Crippen LogP contribution is 2.41. The number of hydrogen-bond donors (Lipinski definition) is 0. The van der Waals surface area contributed by atoms with E-state index in [1.807, 2.05) is 48.5 Å². The molecule has 1 aliphatic heterocycles. The molecule has 4 unspecified atom stereocenters. The van der Waals surface area contributed by atoms with Gasteiger partial charge >= 0.3 is 0 Å². The molecule has 0 spiro atoms. The second-order valence-corrected chi connectivity index (χ2v) is 14.7. The van der Waals surface area contributed by atoms with Crippen LogP contribution in [0.4, 0.5) is 0 Å². The molecule has 0 N–H and O–H groups in total. The van der Waals surface area contributed by atoms with Crippen LogP contribution in [-0.2, 0) is 0 Å². The van der Waals surface area contributed by atoms with E-state index in [1.54, 1.807) is 0 Å². The summed E-state index contributed by atoms with van der Waals surface area (Å²) in [6.07, 6.45) is 13.3. The number of para-hydroxylation sites is 1. The normalized spacial score (nSPS) is 19.3. The maximum atomic E-state index is 6.66. The molecule has 2 aromatic heterocycles. The zero-order valence-electron chi connectivity index (χ0n) is 32.0. The smallest absolute Gasteiger partial charge is 0.158 e. The minimum atomic E-state index is -0.145. The molecule has 1 aliphatic carbocycles. The molecule has 0 radical (unpaired) electrons. The Bertz CT molecular complexity index is 2750. The highest BCUT2D eigenvalue weighted by Gasteiger charge is 2.34. The molecule has 272 valence electrons. The average molecular weight is 727 g/mol. The molecule has 5 heteroatoms. The average Bonchev–Trinajstić information content (AvgIpc) is 3.65. The van der Waals surface area contributed by atoms with E-state index in [9.17, 15) is 0 Å². The molecule has 9 rings (SSSR count). The van der Waals surface area contributed by atoms with Gasteiger partial charge in [-0.1, -0.05) is 147 Å². The predicted molar refractivity (Wildman–Crippen MR) is 232 cm³/mol. The van der Waals surface area contributed by atoms with E-state index >= 15 is 0 Å². The van der Waals surface area contributed by atoms with Gasteiger partial charge in [-0.05, 0) is 77.1 Å². The molecular weight excluding hydrogens is 685 g/mol. The van der Waals surface area contributed by atoms with E-state index in [2.05, 4.69) is 154 Å². The van der Waals surface area contributed by atoms with Crippen LogP contribution in [0.1, 0.15) is 37.6 Å². The molecule has 2 aliphatic rings. The van der Waals surface area contributed by atoms with E-state index in [4.69, 9.17) is 19.4 Å². The van der Waals surface area contributed by atoms with Crippen molar-refractivity contribution in [2.45, 2.75) is 26.9 Å². The van der Waals surface area contributed by atoms with E-state index in [0.717, 1.165) is 83.6 Å². The molecule has 7 aromatic rings. The van der Waals surface area contributed by atoms with E-state index in [1.165, 1.54) is 0 Å². The number of aromatic nitrogens is 1. The third kappa shape index (κ3) is 6.44. The Hall–Kier alpha value is -6.77. The Labute approximate surface area is 328 Å². The fraction of sp³-hybridized carbons (Fsp3) is 0.157. The highest BCUT2D eigenvalue weighted by atomic mass is 16.3. The Kier molecular flexibility index (Phi) is 9.25. The largest absolute Gasteiger partial charge is 0.455 e. The molecule has 56 heavy (non-hydrogen) atoms.